The molecule has 0 radical (unpaired) electrons. The number of Topliss-reactive ketones (excluding diaryl/α,β-unsaturated/α-hetero) is 1. The summed E-state index contributed by atoms with van der Waals surface area (Å²) >= 11 is 0. The van der Waals surface area contributed by atoms with Crippen LogP contribution in [-0.4, -0.2) is 40.4 Å². The van der Waals surface area contributed by atoms with Crippen molar-refractivity contribution < 1.29 is 27.2 Å². The van der Waals surface area contributed by atoms with Crippen molar-refractivity contribution in [3.8, 4) is 23.2 Å². The number of fused-ring (bicyclic) bond motifs is 1. The Bertz CT molecular complexity index is 1170. The summed E-state index contributed by atoms with van der Waals surface area (Å²) in [5, 5.41) is 13.6. The SMILES string of the molecule is Cc1nc(-c2cc3cc(OC(F)(F)F)cc(C#N)c3nc2N2CCC(=O)CC2)no1. The van der Waals surface area contributed by atoms with Gasteiger partial charge in [0.1, 0.15) is 23.4 Å². The molecular formula is C19H14F3N5O3. The molecule has 2 aromatic heterocycles. The molecule has 0 unspecified atom stereocenters. The van der Waals surface area contributed by atoms with Crippen LogP contribution in [0, 0.1) is 18.3 Å². The molecule has 1 aliphatic rings. The molecule has 30 heavy (non-hydrogen) atoms. The van der Waals surface area contributed by atoms with Gasteiger partial charge in [-0.15, -0.1) is 13.2 Å². The van der Waals surface area contributed by atoms with Crippen LogP contribution in [0.5, 0.6) is 5.75 Å². The number of nitrogens with zero attached hydrogens (tertiary/aromatic N) is 5. The van der Waals surface area contributed by atoms with Crippen molar-refractivity contribution in [2.75, 3.05) is 18.0 Å². The van der Waals surface area contributed by atoms with Crippen LogP contribution in [0.4, 0.5) is 19.0 Å². The lowest BCUT2D eigenvalue weighted by Gasteiger charge is -2.28. The number of hydrogen-bond donors (Lipinski definition) is 0. The highest BCUT2D eigenvalue weighted by atomic mass is 19.4. The zero-order valence-corrected chi connectivity index (χ0v) is 15.7. The van der Waals surface area contributed by atoms with Gasteiger partial charge in [-0.2, -0.15) is 10.2 Å². The Morgan fingerprint density at radius 1 is 1.20 bits per heavy atom. The monoisotopic (exact) mass is 417 g/mol. The predicted molar refractivity (Wildman–Crippen MR) is 97.6 cm³/mol. The highest BCUT2D eigenvalue weighted by Crippen LogP contribution is 2.35. The molecule has 0 bridgehead atoms. The maximum Gasteiger partial charge on any atom is 0.573 e. The van der Waals surface area contributed by atoms with Gasteiger partial charge < -0.3 is 14.2 Å². The van der Waals surface area contributed by atoms with Crippen LogP contribution in [0.3, 0.4) is 0 Å². The number of aryl methyl sites for hydroxylation is 1. The molecule has 0 aliphatic carbocycles. The highest BCUT2D eigenvalue weighted by Gasteiger charge is 2.32. The molecular weight excluding hydrogens is 403 g/mol. The molecule has 0 saturated carbocycles. The van der Waals surface area contributed by atoms with Crippen LogP contribution in [0.25, 0.3) is 22.3 Å². The average Bonchev–Trinajstić information content (AvgIpc) is 3.12. The van der Waals surface area contributed by atoms with Gasteiger partial charge in [-0.1, -0.05) is 5.16 Å². The number of benzene rings is 1. The second kappa shape index (κ2) is 7.29. The first-order valence-corrected chi connectivity index (χ1v) is 8.95. The molecule has 1 saturated heterocycles. The minimum Gasteiger partial charge on any atom is -0.406 e. The molecule has 8 nitrogen and oxygen atoms in total. The van der Waals surface area contributed by atoms with E-state index in [1.54, 1.807) is 13.0 Å². The summed E-state index contributed by atoms with van der Waals surface area (Å²) < 4.78 is 47.0. The van der Waals surface area contributed by atoms with Crippen molar-refractivity contribution >= 4 is 22.5 Å². The van der Waals surface area contributed by atoms with E-state index >= 15 is 0 Å². The summed E-state index contributed by atoms with van der Waals surface area (Å²) in [5.41, 5.74) is 0.557. The first-order chi connectivity index (χ1) is 14.2. The van der Waals surface area contributed by atoms with Gasteiger partial charge >= 0.3 is 6.36 Å². The van der Waals surface area contributed by atoms with Gasteiger partial charge in [0.25, 0.3) is 0 Å². The summed E-state index contributed by atoms with van der Waals surface area (Å²) in [6, 6.07) is 5.55. The molecule has 0 atom stereocenters. The highest BCUT2D eigenvalue weighted by molar-refractivity contribution is 5.93. The molecule has 0 spiro atoms. The molecule has 11 heteroatoms. The molecule has 3 aromatic rings. The van der Waals surface area contributed by atoms with Gasteiger partial charge in [0.2, 0.25) is 11.7 Å². The van der Waals surface area contributed by atoms with Crippen LogP contribution in [-0.2, 0) is 4.79 Å². The van der Waals surface area contributed by atoms with E-state index in [1.165, 1.54) is 0 Å². The zero-order chi connectivity index (χ0) is 21.5. The van der Waals surface area contributed by atoms with Gasteiger partial charge in [-0.3, -0.25) is 4.79 Å². The number of anilines is 1. The van der Waals surface area contributed by atoms with E-state index in [0.717, 1.165) is 12.1 Å². The third-order valence-corrected chi connectivity index (χ3v) is 4.61. The van der Waals surface area contributed by atoms with Gasteiger partial charge in [-0.25, -0.2) is 4.98 Å². The molecule has 1 aromatic carbocycles. The maximum atomic E-state index is 12.7. The first-order valence-electron chi connectivity index (χ1n) is 8.95. The number of aromatic nitrogens is 3. The quantitative estimate of drug-likeness (QED) is 0.637. The fourth-order valence-corrected chi connectivity index (χ4v) is 3.31. The fraction of sp³-hybridized carbons (Fsp3) is 0.316. The molecule has 1 aliphatic heterocycles. The van der Waals surface area contributed by atoms with Gasteiger partial charge in [-0.05, 0) is 12.1 Å². The number of hydrogen-bond acceptors (Lipinski definition) is 8. The van der Waals surface area contributed by atoms with Crippen molar-refractivity contribution in [2.45, 2.75) is 26.1 Å². The summed E-state index contributed by atoms with van der Waals surface area (Å²) in [6.07, 6.45) is -4.22. The molecule has 1 fully saturated rings. The maximum absolute atomic E-state index is 12.7. The van der Waals surface area contributed by atoms with E-state index in [-0.39, 0.29) is 28.1 Å². The smallest absolute Gasteiger partial charge is 0.406 e. The van der Waals surface area contributed by atoms with Crippen LogP contribution < -0.4 is 9.64 Å². The van der Waals surface area contributed by atoms with Crippen LogP contribution in [0.15, 0.2) is 22.7 Å². The molecule has 0 N–H and O–H groups in total. The first kappa shape index (κ1) is 19.6. The lowest BCUT2D eigenvalue weighted by molar-refractivity contribution is -0.274. The Kier molecular flexibility index (Phi) is 4.77. The predicted octanol–water partition coefficient (Wildman–Crippen LogP) is 3.53. The number of ether oxygens (including phenoxy) is 1. The number of ketones is 1. The van der Waals surface area contributed by atoms with E-state index in [2.05, 4.69) is 19.9 Å². The summed E-state index contributed by atoms with van der Waals surface area (Å²) in [4.78, 5) is 22.2. The third kappa shape index (κ3) is 3.89. The van der Waals surface area contributed by atoms with Gasteiger partial charge in [0.15, 0.2) is 0 Å². The summed E-state index contributed by atoms with van der Waals surface area (Å²) in [6.45, 7) is 2.43. The van der Waals surface area contributed by atoms with E-state index in [1.807, 2.05) is 11.0 Å². The van der Waals surface area contributed by atoms with Crippen molar-refractivity contribution in [3.05, 3.63) is 29.7 Å². The third-order valence-electron chi connectivity index (χ3n) is 4.61. The van der Waals surface area contributed by atoms with Crippen LogP contribution in [0.2, 0.25) is 0 Å². The van der Waals surface area contributed by atoms with Crippen molar-refractivity contribution in [1.29, 1.82) is 5.26 Å². The normalized spacial score (nSPS) is 14.8. The topological polar surface area (TPSA) is 105 Å². The van der Waals surface area contributed by atoms with E-state index in [0.29, 0.717) is 43.2 Å². The number of carbonyl (C=O) groups excluding carboxylic acids is 1. The standard InChI is InChI=1S/C19H14F3N5O3/c1-10-24-17(26-30-10)15-8-11-6-14(29-19(20,21)22)7-12(9-23)16(11)25-18(15)27-4-2-13(28)3-5-27/h6-8H,2-5H2,1H3. The minimum atomic E-state index is -4.90. The zero-order valence-electron chi connectivity index (χ0n) is 15.7. The van der Waals surface area contributed by atoms with Gasteiger partial charge in [0, 0.05) is 44.3 Å². The number of halogens is 3. The molecule has 0 amide bonds. The lowest BCUT2D eigenvalue weighted by atomic mass is 10.0. The summed E-state index contributed by atoms with van der Waals surface area (Å²) in [5.74, 6) is 0.540. The van der Waals surface area contributed by atoms with Crippen molar-refractivity contribution in [2.24, 2.45) is 0 Å². The largest absolute Gasteiger partial charge is 0.573 e. The molecule has 3 heterocycles. The second-order valence-electron chi connectivity index (χ2n) is 6.72. The van der Waals surface area contributed by atoms with Crippen molar-refractivity contribution in [1.82, 2.24) is 15.1 Å². The van der Waals surface area contributed by atoms with Gasteiger partial charge in [0.05, 0.1) is 16.6 Å². The van der Waals surface area contributed by atoms with Crippen LogP contribution >= 0.6 is 0 Å². The number of pyridine rings is 1. The minimum absolute atomic E-state index is 0.0723. The lowest BCUT2D eigenvalue weighted by Crippen LogP contribution is -2.34. The number of alkyl halides is 3. The number of rotatable bonds is 3. The van der Waals surface area contributed by atoms with Crippen molar-refractivity contribution in [3.63, 3.8) is 0 Å². The molecule has 154 valence electrons. The summed E-state index contributed by atoms with van der Waals surface area (Å²) in [7, 11) is 0. The van der Waals surface area contributed by atoms with E-state index in [9.17, 15) is 23.2 Å². The Balaban J connectivity index is 1.91. The molecule has 4 rings (SSSR count). The Labute approximate surface area is 167 Å². The van der Waals surface area contributed by atoms with E-state index < -0.39 is 12.1 Å². The van der Waals surface area contributed by atoms with Crippen LogP contribution in [0.1, 0.15) is 24.3 Å². The van der Waals surface area contributed by atoms with E-state index in [4.69, 9.17) is 4.52 Å². The Morgan fingerprint density at radius 2 is 1.93 bits per heavy atom. The Hall–Kier alpha value is -3.68. The fourth-order valence-electron chi connectivity index (χ4n) is 3.31. The number of piperidine rings is 1. The second-order valence-corrected chi connectivity index (χ2v) is 6.72. The number of carbonyl (C=O) groups is 1. The average molecular weight is 417 g/mol. The Morgan fingerprint density at radius 3 is 2.53 bits per heavy atom. The number of nitriles is 1.